The van der Waals surface area contributed by atoms with Gasteiger partial charge in [0.25, 0.3) is 5.91 Å². The fourth-order valence-electron chi connectivity index (χ4n) is 2.71. The molecule has 1 saturated heterocycles. The lowest BCUT2D eigenvalue weighted by atomic mass is 10.2. The molecule has 114 valence electrons. The number of nitrogens with zero attached hydrogens (tertiary/aromatic N) is 1. The van der Waals surface area contributed by atoms with Crippen LogP contribution in [0.3, 0.4) is 0 Å². The molecule has 0 aliphatic carbocycles. The van der Waals surface area contributed by atoms with Crippen LogP contribution in [0.2, 0.25) is 0 Å². The van der Waals surface area contributed by atoms with Gasteiger partial charge in [0.2, 0.25) is 0 Å². The highest BCUT2D eigenvalue weighted by molar-refractivity contribution is 5.80. The molecule has 1 heterocycles. The number of phenols is 1. The number of piperazine rings is 1. The van der Waals surface area contributed by atoms with Crippen LogP contribution in [-0.2, 0) is 4.79 Å². The summed E-state index contributed by atoms with van der Waals surface area (Å²) in [6, 6.07) is 7.34. The van der Waals surface area contributed by atoms with Crippen molar-refractivity contribution in [2.24, 2.45) is 0 Å². The van der Waals surface area contributed by atoms with Gasteiger partial charge in [-0.25, -0.2) is 0 Å². The summed E-state index contributed by atoms with van der Waals surface area (Å²) >= 11 is 0. The summed E-state index contributed by atoms with van der Waals surface area (Å²) in [4.78, 5) is 15.4. The van der Waals surface area contributed by atoms with Crippen molar-refractivity contribution >= 4 is 11.6 Å². The van der Waals surface area contributed by atoms with Crippen LogP contribution in [0.1, 0.15) is 6.92 Å². The van der Waals surface area contributed by atoms with Gasteiger partial charge in [-0.3, -0.25) is 4.79 Å². The molecule has 1 aliphatic rings. The van der Waals surface area contributed by atoms with Crippen molar-refractivity contribution in [2.75, 3.05) is 37.6 Å². The number of nitrogens with one attached hydrogen (secondary N) is 2. The molecule has 0 aromatic heterocycles. The van der Waals surface area contributed by atoms with Crippen molar-refractivity contribution in [3.05, 3.63) is 36.9 Å². The molecule has 1 aromatic carbocycles. The van der Waals surface area contributed by atoms with Crippen LogP contribution in [0.15, 0.2) is 36.9 Å². The molecular weight excluding hydrogens is 266 g/mol. The lowest BCUT2D eigenvalue weighted by molar-refractivity contribution is -0.914. The van der Waals surface area contributed by atoms with E-state index in [-0.39, 0.29) is 11.9 Å². The average molecular weight is 290 g/mol. The first-order valence-corrected chi connectivity index (χ1v) is 7.39. The molecule has 0 saturated carbocycles. The molecule has 5 heteroatoms. The van der Waals surface area contributed by atoms with Gasteiger partial charge in [-0.05, 0) is 19.1 Å². The Kier molecular flexibility index (Phi) is 5.22. The number of aromatic hydroxyl groups is 1. The first-order valence-electron chi connectivity index (χ1n) is 7.39. The molecule has 2 rings (SSSR count). The first kappa shape index (κ1) is 15.4. The highest BCUT2D eigenvalue weighted by Crippen LogP contribution is 2.25. The first-order chi connectivity index (χ1) is 10.1. The van der Waals surface area contributed by atoms with Crippen LogP contribution in [-0.4, -0.2) is 49.8 Å². The third-order valence-corrected chi connectivity index (χ3v) is 4.05. The number of carbonyl (C=O) groups excluding carboxylic acids is 1. The Bertz CT molecular complexity index is 496. The third-order valence-electron chi connectivity index (χ3n) is 4.05. The molecule has 1 amide bonds. The summed E-state index contributed by atoms with van der Waals surface area (Å²) in [5, 5.41) is 12.8. The zero-order valence-corrected chi connectivity index (χ0v) is 12.5. The molecular formula is C16H24N3O2+. The number of rotatable bonds is 5. The van der Waals surface area contributed by atoms with Gasteiger partial charge in [0, 0.05) is 6.54 Å². The lowest BCUT2D eigenvalue weighted by Gasteiger charge is -2.36. The van der Waals surface area contributed by atoms with Crippen molar-refractivity contribution < 1.29 is 14.8 Å². The van der Waals surface area contributed by atoms with Crippen LogP contribution in [0.25, 0.3) is 0 Å². The SMILES string of the molecule is C=CCNC(=O)[C@@H](C)[NH+]1CCN(c2ccccc2O)CC1. The van der Waals surface area contributed by atoms with Crippen molar-refractivity contribution in [3.63, 3.8) is 0 Å². The Labute approximate surface area is 125 Å². The van der Waals surface area contributed by atoms with E-state index >= 15 is 0 Å². The van der Waals surface area contributed by atoms with E-state index in [4.69, 9.17) is 0 Å². The van der Waals surface area contributed by atoms with Crippen LogP contribution < -0.4 is 15.1 Å². The van der Waals surface area contributed by atoms with E-state index in [0.717, 1.165) is 31.9 Å². The Hall–Kier alpha value is -2.01. The summed E-state index contributed by atoms with van der Waals surface area (Å²) in [7, 11) is 0. The fourth-order valence-corrected chi connectivity index (χ4v) is 2.71. The number of anilines is 1. The van der Waals surface area contributed by atoms with Gasteiger partial charge in [0.1, 0.15) is 5.75 Å². The van der Waals surface area contributed by atoms with Crippen molar-refractivity contribution in [1.82, 2.24) is 5.32 Å². The highest BCUT2D eigenvalue weighted by atomic mass is 16.3. The predicted molar refractivity (Wildman–Crippen MR) is 83.7 cm³/mol. The number of hydrogen-bond acceptors (Lipinski definition) is 3. The number of quaternary nitrogens is 1. The monoisotopic (exact) mass is 290 g/mol. The second kappa shape index (κ2) is 7.13. The number of benzene rings is 1. The summed E-state index contributed by atoms with van der Waals surface area (Å²) in [5.41, 5.74) is 0.875. The molecule has 1 aromatic rings. The molecule has 1 fully saturated rings. The number of para-hydroxylation sites is 2. The second-order valence-electron chi connectivity index (χ2n) is 5.39. The Balaban J connectivity index is 1.90. The Morgan fingerprint density at radius 1 is 1.48 bits per heavy atom. The highest BCUT2D eigenvalue weighted by Gasteiger charge is 2.29. The fraction of sp³-hybridized carbons (Fsp3) is 0.438. The van der Waals surface area contributed by atoms with Gasteiger partial charge in [-0.1, -0.05) is 18.2 Å². The molecule has 1 aliphatic heterocycles. The number of hydrogen-bond donors (Lipinski definition) is 3. The zero-order chi connectivity index (χ0) is 15.2. The Morgan fingerprint density at radius 3 is 2.76 bits per heavy atom. The van der Waals surface area contributed by atoms with Crippen molar-refractivity contribution in [3.8, 4) is 5.75 Å². The maximum absolute atomic E-state index is 12.0. The third kappa shape index (κ3) is 3.76. The van der Waals surface area contributed by atoms with E-state index in [0.29, 0.717) is 12.3 Å². The molecule has 0 spiro atoms. The quantitative estimate of drug-likeness (QED) is 0.658. The predicted octanol–water partition coefficient (Wildman–Crippen LogP) is -0.212. The van der Waals surface area contributed by atoms with E-state index in [1.54, 1.807) is 12.1 Å². The van der Waals surface area contributed by atoms with E-state index in [9.17, 15) is 9.90 Å². The average Bonchev–Trinajstić information content (AvgIpc) is 2.52. The van der Waals surface area contributed by atoms with Gasteiger partial charge in [0.05, 0.1) is 31.9 Å². The van der Waals surface area contributed by atoms with Crippen LogP contribution in [0.4, 0.5) is 5.69 Å². The van der Waals surface area contributed by atoms with Gasteiger partial charge >= 0.3 is 0 Å². The van der Waals surface area contributed by atoms with Crippen molar-refractivity contribution in [2.45, 2.75) is 13.0 Å². The van der Waals surface area contributed by atoms with Gasteiger partial charge in [-0.2, -0.15) is 0 Å². The molecule has 0 radical (unpaired) electrons. The normalized spacial score (nSPS) is 17.3. The summed E-state index contributed by atoms with van der Waals surface area (Å²) in [5.74, 6) is 0.388. The molecule has 21 heavy (non-hydrogen) atoms. The zero-order valence-electron chi connectivity index (χ0n) is 12.5. The van der Waals surface area contributed by atoms with Crippen LogP contribution >= 0.6 is 0 Å². The van der Waals surface area contributed by atoms with E-state index in [2.05, 4.69) is 16.8 Å². The van der Waals surface area contributed by atoms with Gasteiger partial charge in [0.15, 0.2) is 6.04 Å². The number of carbonyl (C=O) groups is 1. The van der Waals surface area contributed by atoms with Crippen LogP contribution in [0.5, 0.6) is 5.75 Å². The van der Waals surface area contributed by atoms with E-state index in [1.807, 2.05) is 25.1 Å². The molecule has 0 bridgehead atoms. The standard InChI is InChI=1S/C16H23N3O2/c1-3-8-17-16(21)13(2)18-9-11-19(12-10-18)14-6-4-5-7-15(14)20/h3-7,13,20H,1,8-12H2,2H3,(H,17,21)/p+1/t13-/m1/s1. The van der Waals surface area contributed by atoms with Gasteiger partial charge in [-0.15, -0.1) is 6.58 Å². The molecule has 3 N–H and O–H groups in total. The lowest BCUT2D eigenvalue weighted by Crippen LogP contribution is -3.19. The van der Waals surface area contributed by atoms with E-state index in [1.165, 1.54) is 4.90 Å². The molecule has 1 atom stereocenters. The number of amides is 1. The summed E-state index contributed by atoms with van der Waals surface area (Å²) in [6.45, 7) is 9.53. The minimum Gasteiger partial charge on any atom is -0.506 e. The maximum atomic E-state index is 12.0. The largest absolute Gasteiger partial charge is 0.506 e. The second-order valence-corrected chi connectivity index (χ2v) is 5.39. The maximum Gasteiger partial charge on any atom is 0.278 e. The topological polar surface area (TPSA) is 57.0 Å². The van der Waals surface area contributed by atoms with Crippen molar-refractivity contribution in [1.29, 1.82) is 0 Å². The molecule has 5 nitrogen and oxygen atoms in total. The van der Waals surface area contributed by atoms with Gasteiger partial charge < -0.3 is 20.2 Å². The Morgan fingerprint density at radius 2 is 2.14 bits per heavy atom. The van der Waals surface area contributed by atoms with Crippen LogP contribution in [0, 0.1) is 0 Å². The minimum absolute atomic E-state index is 0.0588. The summed E-state index contributed by atoms with van der Waals surface area (Å²) < 4.78 is 0. The van der Waals surface area contributed by atoms with E-state index < -0.39 is 0 Å². The minimum atomic E-state index is -0.0588. The number of phenolic OH excluding ortho intramolecular Hbond substituents is 1. The molecule has 0 unspecified atom stereocenters. The summed E-state index contributed by atoms with van der Waals surface area (Å²) in [6.07, 6.45) is 1.69. The smallest absolute Gasteiger partial charge is 0.278 e.